The summed E-state index contributed by atoms with van der Waals surface area (Å²) in [6.07, 6.45) is 2.05. The molecule has 1 N–H and O–H groups in total. The number of benzene rings is 1. The van der Waals surface area contributed by atoms with Gasteiger partial charge in [0.15, 0.2) is 0 Å². The molecule has 1 saturated carbocycles. The summed E-state index contributed by atoms with van der Waals surface area (Å²) in [5.41, 5.74) is 0.390. The summed E-state index contributed by atoms with van der Waals surface area (Å²) in [6.45, 7) is 1.71. The molecule has 2 aromatic rings. The van der Waals surface area contributed by atoms with E-state index in [0.717, 1.165) is 24.8 Å². The number of carbonyl (C=O) groups excluding carboxylic acids is 1. The fraction of sp³-hybridized carbons (Fsp3) is 0.450. The topological polar surface area (TPSA) is 49.8 Å². The van der Waals surface area contributed by atoms with Gasteiger partial charge in [0.2, 0.25) is 0 Å². The van der Waals surface area contributed by atoms with Crippen molar-refractivity contribution in [3.8, 4) is 0 Å². The van der Waals surface area contributed by atoms with Crippen LogP contribution in [0.4, 0.5) is 4.79 Å². The summed E-state index contributed by atoms with van der Waals surface area (Å²) < 4.78 is 5.44. The molecule has 1 aromatic carbocycles. The van der Waals surface area contributed by atoms with Gasteiger partial charge in [-0.15, -0.1) is 11.3 Å². The Balaban J connectivity index is 1.29. The minimum absolute atomic E-state index is 0.236. The number of nitrogens with zero attached hydrogens (tertiary/aromatic N) is 1. The molecule has 2 heterocycles. The van der Waals surface area contributed by atoms with Crippen molar-refractivity contribution < 1.29 is 14.6 Å². The Kier molecular flexibility index (Phi) is 4.52. The maximum absolute atomic E-state index is 12.3. The van der Waals surface area contributed by atoms with Crippen molar-refractivity contribution in [1.29, 1.82) is 0 Å². The maximum atomic E-state index is 12.3. The van der Waals surface area contributed by atoms with E-state index in [-0.39, 0.29) is 6.09 Å². The van der Waals surface area contributed by atoms with Crippen LogP contribution in [0.2, 0.25) is 0 Å². The zero-order valence-electron chi connectivity index (χ0n) is 14.1. The molecule has 132 valence electrons. The molecule has 5 heteroatoms. The van der Waals surface area contributed by atoms with Crippen LogP contribution in [-0.2, 0) is 17.8 Å². The molecule has 0 spiro atoms. The van der Waals surface area contributed by atoms with Gasteiger partial charge in [-0.1, -0.05) is 36.4 Å². The monoisotopic (exact) mass is 357 g/mol. The quantitative estimate of drug-likeness (QED) is 0.908. The van der Waals surface area contributed by atoms with Gasteiger partial charge in [-0.05, 0) is 41.7 Å². The molecule has 0 bridgehead atoms. The van der Waals surface area contributed by atoms with E-state index in [2.05, 4.69) is 11.4 Å². The zero-order valence-corrected chi connectivity index (χ0v) is 15.0. The van der Waals surface area contributed by atoms with Gasteiger partial charge in [-0.3, -0.25) is 0 Å². The molecule has 1 aromatic heterocycles. The summed E-state index contributed by atoms with van der Waals surface area (Å²) in [4.78, 5) is 15.4. The number of amides is 1. The molecule has 2 aliphatic rings. The first-order chi connectivity index (χ1) is 12.1. The fourth-order valence-corrected chi connectivity index (χ4v) is 5.14. The third-order valence-corrected chi connectivity index (χ3v) is 6.28. The lowest BCUT2D eigenvalue weighted by Crippen LogP contribution is -2.34. The SMILES string of the molecule is O=C(OCc1ccccc1)N1C[C@@H]2C[C@@](O)(Cc3cccs3)C[C@@H]2C1. The molecule has 25 heavy (non-hydrogen) atoms. The molecule has 1 amide bonds. The normalized spacial score (nSPS) is 28.1. The number of thiophene rings is 1. The smallest absolute Gasteiger partial charge is 0.410 e. The highest BCUT2D eigenvalue weighted by Gasteiger charge is 2.49. The van der Waals surface area contributed by atoms with Crippen LogP contribution in [-0.4, -0.2) is 34.8 Å². The highest BCUT2D eigenvalue weighted by atomic mass is 32.1. The lowest BCUT2D eigenvalue weighted by molar-refractivity contribution is 0.0344. The van der Waals surface area contributed by atoms with Crippen molar-refractivity contribution in [2.24, 2.45) is 11.8 Å². The predicted molar refractivity (Wildman–Crippen MR) is 97.4 cm³/mol. The Bertz CT molecular complexity index is 702. The number of aliphatic hydroxyl groups is 1. The van der Waals surface area contributed by atoms with Crippen LogP contribution in [0.5, 0.6) is 0 Å². The first kappa shape index (κ1) is 16.6. The van der Waals surface area contributed by atoms with Gasteiger partial charge in [0.05, 0.1) is 5.60 Å². The van der Waals surface area contributed by atoms with E-state index in [1.54, 1.807) is 11.3 Å². The number of hydrogen-bond acceptors (Lipinski definition) is 4. The molecule has 3 atom stereocenters. The van der Waals surface area contributed by atoms with Gasteiger partial charge >= 0.3 is 6.09 Å². The largest absolute Gasteiger partial charge is 0.445 e. The lowest BCUT2D eigenvalue weighted by Gasteiger charge is -2.25. The van der Waals surface area contributed by atoms with Crippen LogP contribution in [0.25, 0.3) is 0 Å². The molecule has 2 fully saturated rings. The third kappa shape index (κ3) is 3.72. The molecule has 4 rings (SSSR count). The van der Waals surface area contributed by atoms with Crippen LogP contribution >= 0.6 is 11.3 Å². The first-order valence-electron chi connectivity index (χ1n) is 8.82. The average molecular weight is 357 g/mol. The Hall–Kier alpha value is -1.85. The number of fused-ring (bicyclic) bond motifs is 1. The van der Waals surface area contributed by atoms with Crippen molar-refractivity contribution in [2.45, 2.75) is 31.5 Å². The second-order valence-corrected chi connectivity index (χ2v) is 8.39. The molecule has 0 radical (unpaired) electrons. The summed E-state index contributed by atoms with van der Waals surface area (Å²) in [5.74, 6) is 0.767. The number of ether oxygens (including phenoxy) is 1. The lowest BCUT2D eigenvalue weighted by atomic mass is 9.95. The van der Waals surface area contributed by atoms with Crippen LogP contribution in [0.3, 0.4) is 0 Å². The molecular weight excluding hydrogens is 334 g/mol. The number of rotatable bonds is 4. The van der Waals surface area contributed by atoms with E-state index in [0.29, 0.717) is 31.5 Å². The summed E-state index contributed by atoms with van der Waals surface area (Å²) in [5, 5.41) is 13.0. The number of hydrogen-bond donors (Lipinski definition) is 1. The fourth-order valence-electron chi connectivity index (χ4n) is 4.30. The predicted octanol–water partition coefficient (Wildman–Crippen LogP) is 3.70. The highest BCUT2D eigenvalue weighted by molar-refractivity contribution is 7.09. The van der Waals surface area contributed by atoms with Crippen LogP contribution in [0.15, 0.2) is 47.8 Å². The standard InChI is InChI=1S/C20H23NO3S/c22-19(24-14-15-5-2-1-3-6-15)21-12-16-9-20(23,10-17(16)13-21)11-18-7-4-8-25-18/h1-8,16-17,23H,9-14H2/t16-,17+,20-. The van der Waals surface area contributed by atoms with Gasteiger partial charge in [0, 0.05) is 24.4 Å². The van der Waals surface area contributed by atoms with Crippen molar-refractivity contribution in [3.63, 3.8) is 0 Å². The van der Waals surface area contributed by atoms with E-state index in [9.17, 15) is 9.90 Å². The summed E-state index contributed by atoms with van der Waals surface area (Å²) >= 11 is 1.70. The van der Waals surface area contributed by atoms with E-state index >= 15 is 0 Å². The van der Waals surface area contributed by atoms with Crippen molar-refractivity contribution in [2.75, 3.05) is 13.1 Å². The van der Waals surface area contributed by atoms with Crippen molar-refractivity contribution >= 4 is 17.4 Å². The average Bonchev–Trinajstić information content (AvgIpc) is 3.29. The molecule has 1 aliphatic heterocycles. The molecule has 4 nitrogen and oxygen atoms in total. The van der Waals surface area contributed by atoms with E-state index in [1.807, 2.05) is 41.3 Å². The number of carbonyl (C=O) groups is 1. The second-order valence-electron chi connectivity index (χ2n) is 7.35. The van der Waals surface area contributed by atoms with Gasteiger partial charge in [0.1, 0.15) is 6.61 Å². The molecule has 0 unspecified atom stereocenters. The highest BCUT2D eigenvalue weighted by Crippen LogP contribution is 2.45. The molecule has 1 aliphatic carbocycles. The summed E-state index contributed by atoms with van der Waals surface area (Å²) in [6, 6.07) is 13.9. The van der Waals surface area contributed by atoms with Crippen LogP contribution < -0.4 is 0 Å². The Morgan fingerprint density at radius 3 is 2.52 bits per heavy atom. The van der Waals surface area contributed by atoms with E-state index in [4.69, 9.17) is 4.74 Å². The summed E-state index contributed by atoms with van der Waals surface area (Å²) in [7, 11) is 0. The van der Waals surface area contributed by atoms with Crippen molar-refractivity contribution in [3.05, 3.63) is 58.3 Å². The van der Waals surface area contributed by atoms with Crippen molar-refractivity contribution in [1.82, 2.24) is 4.90 Å². The third-order valence-electron chi connectivity index (χ3n) is 5.41. The van der Waals surface area contributed by atoms with E-state index in [1.165, 1.54) is 4.88 Å². The molecule has 1 saturated heterocycles. The van der Waals surface area contributed by atoms with Gasteiger partial charge in [0.25, 0.3) is 0 Å². The van der Waals surface area contributed by atoms with Crippen LogP contribution in [0.1, 0.15) is 23.3 Å². The first-order valence-corrected chi connectivity index (χ1v) is 9.70. The minimum atomic E-state index is -0.611. The number of likely N-dealkylation sites (tertiary alicyclic amines) is 1. The zero-order chi connectivity index (χ0) is 17.3. The second kappa shape index (κ2) is 6.81. The maximum Gasteiger partial charge on any atom is 0.410 e. The molecular formula is C20H23NO3S. The van der Waals surface area contributed by atoms with Gasteiger partial charge in [-0.2, -0.15) is 0 Å². The van der Waals surface area contributed by atoms with Gasteiger partial charge in [-0.25, -0.2) is 4.79 Å². The Morgan fingerprint density at radius 1 is 1.16 bits per heavy atom. The Morgan fingerprint density at radius 2 is 1.88 bits per heavy atom. The van der Waals surface area contributed by atoms with Gasteiger partial charge < -0.3 is 14.7 Å². The Labute approximate surface area is 152 Å². The van der Waals surface area contributed by atoms with E-state index < -0.39 is 5.60 Å². The minimum Gasteiger partial charge on any atom is -0.445 e. The van der Waals surface area contributed by atoms with Crippen LogP contribution in [0, 0.1) is 11.8 Å².